The van der Waals surface area contributed by atoms with Crippen LogP contribution in [0.2, 0.25) is 0 Å². The number of nitrogens with one attached hydrogen (secondary N) is 1. The van der Waals surface area contributed by atoms with Crippen LogP contribution in [0.25, 0.3) is 10.9 Å². The molecule has 3 aromatic rings. The molecular formula is C25H29N3O4. The third-order valence-electron chi connectivity index (χ3n) is 5.68. The Morgan fingerprint density at radius 1 is 1.09 bits per heavy atom. The summed E-state index contributed by atoms with van der Waals surface area (Å²) in [6, 6.07) is 15.1. The Kier molecular flexibility index (Phi) is 6.63. The van der Waals surface area contributed by atoms with Crippen LogP contribution >= 0.6 is 0 Å². The monoisotopic (exact) mass is 435 g/mol. The lowest BCUT2D eigenvalue weighted by Gasteiger charge is -2.32. The molecule has 1 aliphatic heterocycles. The van der Waals surface area contributed by atoms with E-state index in [9.17, 15) is 4.79 Å². The van der Waals surface area contributed by atoms with Crippen molar-refractivity contribution in [2.24, 2.45) is 5.92 Å². The van der Waals surface area contributed by atoms with Gasteiger partial charge in [-0.15, -0.1) is 0 Å². The summed E-state index contributed by atoms with van der Waals surface area (Å²) in [4.78, 5) is 19.7. The fourth-order valence-electron chi connectivity index (χ4n) is 4.05. The number of amides is 1. The number of rotatable bonds is 7. The summed E-state index contributed by atoms with van der Waals surface area (Å²) in [5.74, 6) is 3.08. The highest BCUT2D eigenvalue weighted by Crippen LogP contribution is 2.30. The number of methoxy groups -OCH3 is 2. The zero-order valence-electron chi connectivity index (χ0n) is 18.8. The molecule has 7 heteroatoms. The Morgan fingerprint density at radius 3 is 2.72 bits per heavy atom. The fourth-order valence-corrected chi connectivity index (χ4v) is 4.05. The minimum atomic E-state index is -0.268. The Hall–Kier alpha value is -3.48. The van der Waals surface area contributed by atoms with Crippen molar-refractivity contribution in [3.05, 3.63) is 48.5 Å². The zero-order valence-corrected chi connectivity index (χ0v) is 18.8. The van der Waals surface area contributed by atoms with E-state index >= 15 is 0 Å². The van der Waals surface area contributed by atoms with Gasteiger partial charge in [-0.05, 0) is 49.1 Å². The molecule has 168 valence electrons. The molecule has 2 aromatic carbocycles. The van der Waals surface area contributed by atoms with Gasteiger partial charge in [-0.3, -0.25) is 4.79 Å². The van der Waals surface area contributed by atoms with Crippen LogP contribution in [0.5, 0.6) is 17.2 Å². The molecule has 0 aliphatic carbocycles. The van der Waals surface area contributed by atoms with Gasteiger partial charge in [0.05, 0.1) is 14.2 Å². The van der Waals surface area contributed by atoms with E-state index in [0.717, 1.165) is 29.8 Å². The molecule has 0 radical (unpaired) electrons. The minimum Gasteiger partial charge on any atom is -0.493 e. The Morgan fingerprint density at radius 2 is 1.94 bits per heavy atom. The van der Waals surface area contributed by atoms with Crippen molar-refractivity contribution in [2.75, 3.05) is 44.1 Å². The van der Waals surface area contributed by atoms with Crippen LogP contribution in [0.15, 0.2) is 48.5 Å². The number of nitrogens with zero attached hydrogens (tertiary/aromatic N) is 2. The number of ether oxygens (including phenoxy) is 3. The Balaban J connectivity index is 1.46. The van der Waals surface area contributed by atoms with E-state index in [1.165, 1.54) is 12.8 Å². The van der Waals surface area contributed by atoms with E-state index in [4.69, 9.17) is 19.2 Å². The average molecular weight is 436 g/mol. The van der Waals surface area contributed by atoms with E-state index in [0.29, 0.717) is 28.9 Å². The molecule has 0 spiro atoms. The standard InChI is InChI=1S/C25H29N3O4/c1-17-6-5-13-28(15-17)23-12-9-18-7-4-8-21(25(18)27-23)32-16-24(29)26-19-10-11-20(30-2)22(14-19)31-3/h4,7-12,14,17H,5-6,13,15-16H2,1-3H3,(H,26,29). The number of piperidine rings is 1. The molecule has 1 atom stereocenters. The number of carbonyl (C=O) groups is 1. The van der Waals surface area contributed by atoms with Crippen LogP contribution in [0.1, 0.15) is 19.8 Å². The second-order valence-electron chi connectivity index (χ2n) is 8.10. The van der Waals surface area contributed by atoms with E-state index in [-0.39, 0.29) is 12.5 Å². The topological polar surface area (TPSA) is 72.9 Å². The van der Waals surface area contributed by atoms with Gasteiger partial charge in [-0.25, -0.2) is 4.98 Å². The Labute approximate surface area is 188 Å². The second-order valence-corrected chi connectivity index (χ2v) is 8.10. The first-order chi connectivity index (χ1) is 15.6. The molecule has 0 saturated carbocycles. The quantitative estimate of drug-likeness (QED) is 0.589. The summed E-state index contributed by atoms with van der Waals surface area (Å²) in [7, 11) is 3.12. The molecule has 7 nitrogen and oxygen atoms in total. The first-order valence-corrected chi connectivity index (χ1v) is 10.9. The van der Waals surface area contributed by atoms with Crippen LogP contribution in [0, 0.1) is 5.92 Å². The van der Waals surface area contributed by atoms with Gasteiger partial charge in [0.25, 0.3) is 5.91 Å². The number of para-hydroxylation sites is 1. The van der Waals surface area contributed by atoms with Crippen molar-refractivity contribution >= 4 is 28.3 Å². The maximum Gasteiger partial charge on any atom is 0.262 e. The van der Waals surface area contributed by atoms with Crippen molar-refractivity contribution in [3.63, 3.8) is 0 Å². The zero-order chi connectivity index (χ0) is 22.5. The summed E-state index contributed by atoms with van der Waals surface area (Å²) in [6.07, 6.45) is 2.43. The lowest BCUT2D eigenvalue weighted by molar-refractivity contribution is -0.118. The number of pyridine rings is 1. The molecule has 2 heterocycles. The smallest absolute Gasteiger partial charge is 0.262 e. The third kappa shape index (κ3) is 4.88. The predicted octanol–water partition coefficient (Wildman–Crippen LogP) is 4.51. The fraction of sp³-hybridized carbons (Fsp3) is 0.360. The molecule has 4 rings (SSSR count). The molecule has 1 saturated heterocycles. The summed E-state index contributed by atoms with van der Waals surface area (Å²) >= 11 is 0. The Bertz CT molecular complexity index is 1100. The maximum atomic E-state index is 12.5. The highest BCUT2D eigenvalue weighted by molar-refractivity contribution is 5.93. The molecule has 1 unspecified atom stereocenters. The summed E-state index contributed by atoms with van der Waals surface area (Å²) < 4.78 is 16.4. The molecule has 1 aromatic heterocycles. The van der Waals surface area contributed by atoms with Gasteiger partial charge in [-0.2, -0.15) is 0 Å². The van der Waals surface area contributed by atoms with Crippen molar-refractivity contribution in [1.29, 1.82) is 0 Å². The maximum absolute atomic E-state index is 12.5. The number of fused-ring (bicyclic) bond motifs is 1. The largest absolute Gasteiger partial charge is 0.493 e. The van der Waals surface area contributed by atoms with Crippen molar-refractivity contribution < 1.29 is 19.0 Å². The van der Waals surface area contributed by atoms with Gasteiger partial charge >= 0.3 is 0 Å². The summed E-state index contributed by atoms with van der Waals surface area (Å²) in [5.41, 5.74) is 1.37. The van der Waals surface area contributed by atoms with Crippen LogP contribution in [0.4, 0.5) is 11.5 Å². The van der Waals surface area contributed by atoms with Crippen LogP contribution in [-0.4, -0.2) is 44.8 Å². The molecule has 1 N–H and O–H groups in total. The van der Waals surface area contributed by atoms with Gasteiger partial charge in [0.1, 0.15) is 17.1 Å². The van der Waals surface area contributed by atoms with Crippen LogP contribution < -0.4 is 24.4 Å². The molecule has 1 fully saturated rings. The first-order valence-electron chi connectivity index (χ1n) is 10.9. The number of carbonyl (C=O) groups excluding carboxylic acids is 1. The van der Waals surface area contributed by atoms with Gasteiger partial charge in [0.2, 0.25) is 0 Å². The van der Waals surface area contributed by atoms with Crippen molar-refractivity contribution in [1.82, 2.24) is 4.98 Å². The number of benzene rings is 2. The number of hydrogen-bond acceptors (Lipinski definition) is 6. The van der Waals surface area contributed by atoms with E-state index in [1.54, 1.807) is 32.4 Å². The predicted molar refractivity (Wildman–Crippen MR) is 126 cm³/mol. The highest BCUT2D eigenvalue weighted by Gasteiger charge is 2.18. The molecule has 1 amide bonds. The van der Waals surface area contributed by atoms with Gasteiger partial charge in [-0.1, -0.05) is 19.1 Å². The van der Waals surface area contributed by atoms with E-state index < -0.39 is 0 Å². The minimum absolute atomic E-state index is 0.125. The van der Waals surface area contributed by atoms with Gasteiger partial charge < -0.3 is 24.4 Å². The van der Waals surface area contributed by atoms with Gasteiger partial charge in [0, 0.05) is 30.2 Å². The summed E-state index contributed by atoms with van der Waals surface area (Å²) in [6.45, 7) is 4.17. The van der Waals surface area contributed by atoms with E-state index in [2.05, 4.69) is 29.3 Å². The third-order valence-corrected chi connectivity index (χ3v) is 5.68. The molecule has 1 aliphatic rings. The normalized spacial score (nSPS) is 16.0. The number of hydrogen-bond donors (Lipinski definition) is 1. The van der Waals surface area contributed by atoms with E-state index in [1.807, 2.05) is 18.2 Å². The lowest BCUT2D eigenvalue weighted by Crippen LogP contribution is -2.34. The second kappa shape index (κ2) is 9.77. The lowest BCUT2D eigenvalue weighted by atomic mass is 10.0. The number of anilines is 2. The summed E-state index contributed by atoms with van der Waals surface area (Å²) in [5, 5.41) is 3.81. The number of aromatic nitrogens is 1. The molecular weight excluding hydrogens is 406 g/mol. The highest BCUT2D eigenvalue weighted by atomic mass is 16.5. The molecule has 32 heavy (non-hydrogen) atoms. The molecule has 0 bridgehead atoms. The average Bonchev–Trinajstić information content (AvgIpc) is 2.82. The SMILES string of the molecule is COc1ccc(NC(=O)COc2cccc3ccc(N4CCCC(C)C4)nc23)cc1OC. The van der Waals surface area contributed by atoms with Crippen molar-refractivity contribution in [3.8, 4) is 17.2 Å². The van der Waals surface area contributed by atoms with Crippen LogP contribution in [-0.2, 0) is 4.79 Å². The van der Waals surface area contributed by atoms with Crippen LogP contribution in [0.3, 0.4) is 0 Å². The van der Waals surface area contributed by atoms with Gasteiger partial charge in [0.15, 0.2) is 18.1 Å². The van der Waals surface area contributed by atoms with Crippen molar-refractivity contribution in [2.45, 2.75) is 19.8 Å². The first kappa shape index (κ1) is 21.7.